The molecule has 6 nitrogen and oxygen atoms in total. The number of nitrogens with zero attached hydrogens (tertiary/aromatic N) is 2. The van der Waals surface area contributed by atoms with Gasteiger partial charge >= 0.3 is 0 Å². The fraction of sp³-hybridized carbons (Fsp3) is 0.462. The fourth-order valence-electron chi connectivity index (χ4n) is 2.20. The van der Waals surface area contributed by atoms with Crippen molar-refractivity contribution < 1.29 is 9.59 Å². The van der Waals surface area contributed by atoms with E-state index in [1.54, 1.807) is 18.2 Å². The molecule has 0 unspecified atom stereocenters. The number of hydrogen-bond acceptors (Lipinski definition) is 5. The molecule has 1 aromatic rings. The third-order valence-electron chi connectivity index (χ3n) is 3.14. The average molecular weight is 262 g/mol. The lowest BCUT2D eigenvalue weighted by Crippen LogP contribution is -2.45. The molecule has 1 fully saturated rings. The standard InChI is InChI=1S/C13H18N4O2/c1-13(2)6-11(18)17(12(19)7-13)8-9-4-3-5-10(15-9)16-14/h3-5H,6-8,14H2,1-2H3,(H,15,16). The van der Waals surface area contributed by atoms with Gasteiger partial charge in [-0.2, -0.15) is 0 Å². The van der Waals surface area contributed by atoms with E-state index in [4.69, 9.17) is 5.84 Å². The molecule has 1 saturated heterocycles. The Morgan fingerprint density at radius 1 is 1.32 bits per heavy atom. The van der Waals surface area contributed by atoms with Crippen LogP contribution in [0.5, 0.6) is 0 Å². The van der Waals surface area contributed by atoms with Gasteiger partial charge in [-0.3, -0.25) is 14.5 Å². The number of hydrazine groups is 1. The number of aromatic nitrogens is 1. The molecule has 0 aromatic carbocycles. The Balaban J connectivity index is 2.14. The van der Waals surface area contributed by atoms with E-state index in [0.717, 1.165) is 0 Å². The first-order valence-corrected chi connectivity index (χ1v) is 6.17. The number of anilines is 1. The Morgan fingerprint density at radius 3 is 2.53 bits per heavy atom. The van der Waals surface area contributed by atoms with E-state index in [0.29, 0.717) is 24.4 Å². The number of nitrogens with one attached hydrogen (secondary N) is 1. The van der Waals surface area contributed by atoms with Crippen LogP contribution < -0.4 is 11.3 Å². The van der Waals surface area contributed by atoms with Crippen LogP contribution in [0.15, 0.2) is 18.2 Å². The highest BCUT2D eigenvalue weighted by Gasteiger charge is 2.37. The van der Waals surface area contributed by atoms with E-state index in [1.165, 1.54) is 4.90 Å². The topological polar surface area (TPSA) is 88.3 Å². The molecule has 0 bridgehead atoms. The molecule has 2 amide bonds. The lowest BCUT2D eigenvalue weighted by molar-refractivity contribution is -0.153. The molecule has 0 saturated carbocycles. The van der Waals surface area contributed by atoms with Crippen LogP contribution in [0.2, 0.25) is 0 Å². The molecule has 6 heteroatoms. The van der Waals surface area contributed by atoms with Crippen molar-refractivity contribution in [1.82, 2.24) is 9.88 Å². The molecular weight excluding hydrogens is 244 g/mol. The summed E-state index contributed by atoms with van der Waals surface area (Å²) in [5, 5.41) is 0. The molecule has 0 radical (unpaired) electrons. The second-order valence-electron chi connectivity index (χ2n) is 5.55. The Hall–Kier alpha value is -1.95. The van der Waals surface area contributed by atoms with Gasteiger partial charge in [-0.1, -0.05) is 19.9 Å². The minimum absolute atomic E-state index is 0.144. The van der Waals surface area contributed by atoms with Gasteiger partial charge in [0.1, 0.15) is 5.82 Å². The predicted octanol–water partition coefficient (Wildman–Crippen LogP) is 1.04. The summed E-state index contributed by atoms with van der Waals surface area (Å²) in [6, 6.07) is 5.26. The van der Waals surface area contributed by atoms with Crippen LogP contribution in [0.4, 0.5) is 5.82 Å². The van der Waals surface area contributed by atoms with Crippen LogP contribution in [-0.4, -0.2) is 21.7 Å². The Labute approximate surface area is 112 Å². The first-order valence-electron chi connectivity index (χ1n) is 6.17. The van der Waals surface area contributed by atoms with E-state index in [1.807, 2.05) is 13.8 Å². The number of carbonyl (C=O) groups is 2. The summed E-state index contributed by atoms with van der Waals surface area (Å²) in [5.74, 6) is 5.50. The van der Waals surface area contributed by atoms with E-state index in [2.05, 4.69) is 10.4 Å². The van der Waals surface area contributed by atoms with Crippen LogP contribution >= 0.6 is 0 Å². The molecule has 1 aliphatic rings. The second-order valence-corrected chi connectivity index (χ2v) is 5.55. The minimum atomic E-state index is -0.251. The summed E-state index contributed by atoms with van der Waals surface area (Å²) < 4.78 is 0. The monoisotopic (exact) mass is 262 g/mol. The second kappa shape index (κ2) is 4.97. The lowest BCUT2D eigenvalue weighted by atomic mass is 9.82. The maximum absolute atomic E-state index is 12.0. The molecule has 0 spiro atoms. The molecule has 3 N–H and O–H groups in total. The number of imide groups is 1. The molecule has 2 rings (SSSR count). The van der Waals surface area contributed by atoms with Gasteiger partial charge in [-0.05, 0) is 17.5 Å². The van der Waals surface area contributed by atoms with Gasteiger partial charge in [0.05, 0.1) is 12.2 Å². The third-order valence-corrected chi connectivity index (χ3v) is 3.14. The normalized spacial score (nSPS) is 18.6. The van der Waals surface area contributed by atoms with Crippen molar-refractivity contribution in [3.8, 4) is 0 Å². The zero-order valence-corrected chi connectivity index (χ0v) is 11.1. The lowest BCUT2D eigenvalue weighted by Gasteiger charge is -2.34. The fourth-order valence-corrected chi connectivity index (χ4v) is 2.20. The number of carbonyl (C=O) groups excluding carboxylic acids is 2. The molecule has 0 aliphatic carbocycles. The first-order chi connectivity index (χ1) is 8.91. The summed E-state index contributed by atoms with van der Waals surface area (Å²) in [6.45, 7) is 4.05. The number of likely N-dealkylation sites (tertiary alicyclic amines) is 1. The van der Waals surface area contributed by atoms with E-state index < -0.39 is 0 Å². The summed E-state index contributed by atoms with van der Waals surface area (Å²) >= 11 is 0. The summed E-state index contributed by atoms with van der Waals surface area (Å²) in [5.41, 5.74) is 2.83. The highest BCUT2D eigenvalue weighted by molar-refractivity contribution is 5.98. The molecule has 1 aliphatic heterocycles. The van der Waals surface area contributed by atoms with Crippen molar-refractivity contribution in [3.05, 3.63) is 23.9 Å². The molecule has 0 atom stereocenters. The van der Waals surface area contributed by atoms with Crippen LogP contribution in [0.3, 0.4) is 0 Å². The quantitative estimate of drug-likeness (QED) is 0.483. The van der Waals surface area contributed by atoms with Crippen molar-refractivity contribution in [2.24, 2.45) is 11.3 Å². The summed E-state index contributed by atoms with van der Waals surface area (Å²) in [6.07, 6.45) is 0.765. The third kappa shape index (κ3) is 3.08. The van der Waals surface area contributed by atoms with Crippen LogP contribution in [-0.2, 0) is 16.1 Å². The van der Waals surface area contributed by atoms with E-state index in [-0.39, 0.29) is 23.8 Å². The van der Waals surface area contributed by atoms with Crippen LogP contribution in [0.1, 0.15) is 32.4 Å². The Kier molecular flexibility index (Phi) is 3.53. The van der Waals surface area contributed by atoms with E-state index >= 15 is 0 Å². The van der Waals surface area contributed by atoms with Gasteiger partial charge in [0.15, 0.2) is 0 Å². The van der Waals surface area contributed by atoms with E-state index in [9.17, 15) is 9.59 Å². The van der Waals surface area contributed by atoms with Crippen LogP contribution in [0, 0.1) is 5.41 Å². The van der Waals surface area contributed by atoms with Gasteiger partial charge in [0.2, 0.25) is 11.8 Å². The number of nitrogen functional groups attached to an aromatic ring is 1. The zero-order valence-electron chi connectivity index (χ0n) is 11.1. The Bertz CT molecular complexity index is 493. The van der Waals surface area contributed by atoms with Gasteiger partial charge in [-0.15, -0.1) is 0 Å². The van der Waals surface area contributed by atoms with Crippen molar-refractivity contribution in [2.45, 2.75) is 33.2 Å². The van der Waals surface area contributed by atoms with Crippen LogP contribution in [0.25, 0.3) is 0 Å². The minimum Gasteiger partial charge on any atom is -0.308 e. The summed E-state index contributed by atoms with van der Waals surface area (Å²) in [4.78, 5) is 29.5. The number of pyridine rings is 1. The maximum atomic E-state index is 12.0. The molecule has 2 heterocycles. The van der Waals surface area contributed by atoms with Crippen molar-refractivity contribution >= 4 is 17.6 Å². The van der Waals surface area contributed by atoms with Crippen molar-refractivity contribution in [2.75, 3.05) is 5.43 Å². The smallest absolute Gasteiger partial charge is 0.230 e. The Morgan fingerprint density at radius 2 is 1.95 bits per heavy atom. The highest BCUT2D eigenvalue weighted by Crippen LogP contribution is 2.32. The number of nitrogens with two attached hydrogens (primary N) is 1. The number of hydrogen-bond donors (Lipinski definition) is 2. The predicted molar refractivity (Wildman–Crippen MR) is 70.6 cm³/mol. The van der Waals surface area contributed by atoms with Gasteiger partial charge in [-0.25, -0.2) is 10.8 Å². The molecule has 19 heavy (non-hydrogen) atoms. The highest BCUT2D eigenvalue weighted by atomic mass is 16.2. The van der Waals surface area contributed by atoms with Crippen molar-refractivity contribution in [3.63, 3.8) is 0 Å². The number of rotatable bonds is 3. The number of piperidine rings is 1. The average Bonchev–Trinajstić information content (AvgIpc) is 2.33. The van der Waals surface area contributed by atoms with Gasteiger partial charge in [0, 0.05) is 12.8 Å². The molecular formula is C13H18N4O2. The van der Waals surface area contributed by atoms with Gasteiger partial charge in [0.25, 0.3) is 0 Å². The zero-order chi connectivity index (χ0) is 14.0. The number of amides is 2. The molecule has 102 valence electrons. The van der Waals surface area contributed by atoms with Crippen molar-refractivity contribution in [1.29, 1.82) is 0 Å². The summed E-state index contributed by atoms with van der Waals surface area (Å²) in [7, 11) is 0. The maximum Gasteiger partial charge on any atom is 0.230 e. The van der Waals surface area contributed by atoms with Gasteiger partial charge < -0.3 is 5.43 Å². The first kappa shape index (κ1) is 13.5. The molecule has 1 aromatic heterocycles. The largest absolute Gasteiger partial charge is 0.308 e. The SMILES string of the molecule is CC1(C)CC(=O)N(Cc2cccc(NN)n2)C(=O)C1.